The number of aromatic nitrogens is 2. The second kappa shape index (κ2) is 4.36. The first-order chi connectivity index (χ1) is 7.63. The molecule has 1 atom stereocenters. The first-order valence-electron chi connectivity index (χ1n) is 6.19. The van der Waals surface area contributed by atoms with Gasteiger partial charge in [-0.3, -0.25) is 4.68 Å². The number of anilines is 2. The van der Waals surface area contributed by atoms with Crippen molar-refractivity contribution in [1.29, 1.82) is 0 Å². The third-order valence-corrected chi connectivity index (χ3v) is 3.34. The van der Waals surface area contributed by atoms with Crippen molar-refractivity contribution >= 4 is 11.5 Å². The van der Waals surface area contributed by atoms with Crippen molar-refractivity contribution in [2.75, 3.05) is 17.2 Å². The highest BCUT2D eigenvalue weighted by atomic mass is 15.3. The number of rotatable bonds is 2. The van der Waals surface area contributed by atoms with Gasteiger partial charge in [0.2, 0.25) is 0 Å². The summed E-state index contributed by atoms with van der Waals surface area (Å²) >= 11 is 0. The largest absolute Gasteiger partial charge is 0.380 e. The maximum Gasteiger partial charge on any atom is 0.148 e. The first kappa shape index (κ1) is 11.3. The zero-order valence-electron chi connectivity index (χ0n) is 10.7. The second-order valence-corrected chi connectivity index (χ2v) is 4.86. The van der Waals surface area contributed by atoms with Gasteiger partial charge in [-0.2, -0.15) is 5.10 Å². The van der Waals surface area contributed by atoms with E-state index >= 15 is 0 Å². The zero-order valence-corrected chi connectivity index (χ0v) is 10.7. The molecule has 0 aliphatic carbocycles. The van der Waals surface area contributed by atoms with Gasteiger partial charge in [0.05, 0.1) is 5.69 Å². The normalized spacial score (nSPS) is 19.9. The quantitative estimate of drug-likeness (QED) is 0.806. The van der Waals surface area contributed by atoms with E-state index in [0.717, 1.165) is 30.9 Å². The molecule has 0 amide bonds. The minimum atomic E-state index is 0.536. The minimum absolute atomic E-state index is 0.536. The van der Waals surface area contributed by atoms with Crippen LogP contribution in [-0.4, -0.2) is 22.4 Å². The highest BCUT2D eigenvalue weighted by molar-refractivity contribution is 5.69. The second-order valence-electron chi connectivity index (χ2n) is 4.86. The number of hydrogen-bond donors (Lipinski definition) is 2. The molecule has 4 nitrogen and oxygen atoms in total. The van der Waals surface area contributed by atoms with Crippen LogP contribution in [-0.2, 0) is 13.5 Å². The minimum Gasteiger partial charge on any atom is -0.380 e. The Hall–Kier alpha value is -1.19. The molecule has 1 aromatic rings. The Kier molecular flexibility index (Phi) is 3.08. The lowest BCUT2D eigenvalue weighted by atomic mass is 10.0. The van der Waals surface area contributed by atoms with E-state index in [4.69, 9.17) is 0 Å². The molecular weight excluding hydrogens is 200 g/mol. The van der Waals surface area contributed by atoms with Crippen molar-refractivity contribution < 1.29 is 0 Å². The maximum absolute atomic E-state index is 4.54. The Morgan fingerprint density at radius 3 is 2.88 bits per heavy atom. The van der Waals surface area contributed by atoms with Crippen LogP contribution >= 0.6 is 0 Å². The summed E-state index contributed by atoms with van der Waals surface area (Å²) in [5.41, 5.74) is 2.36. The number of hydrogen-bond acceptors (Lipinski definition) is 3. The standard InChI is InChI=1S/C12H22N4/c1-5-9-11-12(16(4)15-9)14-10(8(2)3)6-7-13-11/h8,10,13-14H,5-7H2,1-4H3. The fourth-order valence-electron chi connectivity index (χ4n) is 2.28. The van der Waals surface area contributed by atoms with Crippen molar-refractivity contribution in [3.8, 4) is 0 Å². The average Bonchev–Trinajstić information content (AvgIpc) is 2.46. The van der Waals surface area contributed by atoms with Crippen LogP contribution in [0.3, 0.4) is 0 Å². The van der Waals surface area contributed by atoms with Gasteiger partial charge in [-0.1, -0.05) is 20.8 Å². The molecule has 0 fully saturated rings. The molecule has 0 saturated carbocycles. The summed E-state index contributed by atoms with van der Waals surface area (Å²) in [5, 5.41) is 11.7. The molecule has 0 aromatic carbocycles. The molecule has 4 heteroatoms. The topological polar surface area (TPSA) is 41.9 Å². The molecule has 1 aliphatic heterocycles. The van der Waals surface area contributed by atoms with Gasteiger partial charge in [0.25, 0.3) is 0 Å². The maximum atomic E-state index is 4.54. The molecular formula is C12H22N4. The molecule has 90 valence electrons. The first-order valence-corrected chi connectivity index (χ1v) is 6.19. The van der Waals surface area contributed by atoms with Gasteiger partial charge in [-0.15, -0.1) is 0 Å². The van der Waals surface area contributed by atoms with Gasteiger partial charge < -0.3 is 10.6 Å². The summed E-state index contributed by atoms with van der Waals surface area (Å²) in [6.07, 6.45) is 2.14. The third-order valence-electron chi connectivity index (χ3n) is 3.34. The van der Waals surface area contributed by atoms with E-state index in [2.05, 4.69) is 36.5 Å². The smallest absolute Gasteiger partial charge is 0.148 e. The molecule has 1 aliphatic rings. The van der Waals surface area contributed by atoms with Crippen molar-refractivity contribution in [1.82, 2.24) is 9.78 Å². The lowest BCUT2D eigenvalue weighted by Gasteiger charge is -2.20. The van der Waals surface area contributed by atoms with Crippen LogP contribution in [0, 0.1) is 5.92 Å². The lowest BCUT2D eigenvalue weighted by molar-refractivity contribution is 0.503. The molecule has 2 N–H and O–H groups in total. The Morgan fingerprint density at radius 2 is 2.25 bits per heavy atom. The van der Waals surface area contributed by atoms with Crippen LogP contribution in [0.2, 0.25) is 0 Å². The Morgan fingerprint density at radius 1 is 1.50 bits per heavy atom. The van der Waals surface area contributed by atoms with Crippen molar-refractivity contribution in [2.24, 2.45) is 13.0 Å². The molecule has 1 aromatic heterocycles. The van der Waals surface area contributed by atoms with Crippen molar-refractivity contribution in [3.63, 3.8) is 0 Å². The van der Waals surface area contributed by atoms with Gasteiger partial charge >= 0.3 is 0 Å². The fraction of sp³-hybridized carbons (Fsp3) is 0.750. The molecule has 1 unspecified atom stereocenters. The summed E-state index contributed by atoms with van der Waals surface area (Å²) in [4.78, 5) is 0. The number of aryl methyl sites for hydroxylation is 2. The van der Waals surface area contributed by atoms with Gasteiger partial charge in [-0.25, -0.2) is 0 Å². The monoisotopic (exact) mass is 222 g/mol. The SMILES string of the molecule is CCc1nn(C)c2c1NCCC(C(C)C)N2. The van der Waals surface area contributed by atoms with E-state index in [0.29, 0.717) is 12.0 Å². The summed E-state index contributed by atoms with van der Waals surface area (Å²) in [6.45, 7) is 7.70. The molecule has 2 heterocycles. The highest BCUT2D eigenvalue weighted by Gasteiger charge is 2.23. The molecule has 16 heavy (non-hydrogen) atoms. The van der Waals surface area contributed by atoms with Gasteiger partial charge in [-0.05, 0) is 18.8 Å². The molecule has 0 radical (unpaired) electrons. The van der Waals surface area contributed by atoms with E-state index < -0.39 is 0 Å². The van der Waals surface area contributed by atoms with Crippen LogP contribution in [0.4, 0.5) is 11.5 Å². The number of nitrogens with zero attached hydrogens (tertiary/aromatic N) is 2. The fourth-order valence-corrected chi connectivity index (χ4v) is 2.28. The van der Waals surface area contributed by atoms with Crippen LogP contribution in [0.25, 0.3) is 0 Å². The predicted octanol–water partition coefficient (Wildman–Crippen LogP) is 2.23. The molecule has 2 rings (SSSR count). The van der Waals surface area contributed by atoms with Crippen LogP contribution in [0.1, 0.15) is 32.9 Å². The van der Waals surface area contributed by atoms with Crippen molar-refractivity contribution in [2.45, 2.75) is 39.7 Å². The average molecular weight is 222 g/mol. The third kappa shape index (κ3) is 1.88. The van der Waals surface area contributed by atoms with Crippen LogP contribution in [0.5, 0.6) is 0 Å². The summed E-state index contributed by atoms with van der Waals surface area (Å²) in [5.74, 6) is 1.79. The van der Waals surface area contributed by atoms with E-state index in [9.17, 15) is 0 Å². The molecule has 0 spiro atoms. The number of fused-ring (bicyclic) bond motifs is 1. The Labute approximate surface area is 97.4 Å². The molecule has 0 bridgehead atoms. The highest BCUT2D eigenvalue weighted by Crippen LogP contribution is 2.30. The molecule has 0 saturated heterocycles. The van der Waals surface area contributed by atoms with E-state index in [1.54, 1.807) is 0 Å². The van der Waals surface area contributed by atoms with Crippen LogP contribution < -0.4 is 10.6 Å². The number of nitrogens with one attached hydrogen (secondary N) is 2. The lowest BCUT2D eigenvalue weighted by Crippen LogP contribution is -2.26. The predicted molar refractivity (Wildman–Crippen MR) is 67.9 cm³/mol. The van der Waals surface area contributed by atoms with Crippen molar-refractivity contribution in [3.05, 3.63) is 5.69 Å². The van der Waals surface area contributed by atoms with E-state index in [-0.39, 0.29) is 0 Å². The summed E-state index contributed by atoms with van der Waals surface area (Å²) < 4.78 is 1.96. The van der Waals surface area contributed by atoms with Gasteiger partial charge in [0, 0.05) is 19.6 Å². The summed E-state index contributed by atoms with van der Waals surface area (Å²) in [6, 6.07) is 0.536. The Bertz CT molecular complexity index is 367. The van der Waals surface area contributed by atoms with Gasteiger partial charge in [0.1, 0.15) is 11.5 Å². The summed E-state index contributed by atoms with van der Waals surface area (Å²) in [7, 11) is 2.01. The van der Waals surface area contributed by atoms with E-state index in [1.165, 1.54) is 5.69 Å². The van der Waals surface area contributed by atoms with Crippen LogP contribution in [0.15, 0.2) is 0 Å². The van der Waals surface area contributed by atoms with Gasteiger partial charge in [0.15, 0.2) is 0 Å². The zero-order chi connectivity index (χ0) is 11.7. The van der Waals surface area contributed by atoms with E-state index in [1.807, 2.05) is 11.7 Å². The Balaban J connectivity index is 2.33.